The van der Waals surface area contributed by atoms with Crippen molar-refractivity contribution in [1.29, 1.82) is 0 Å². The van der Waals surface area contributed by atoms with Gasteiger partial charge in [-0.25, -0.2) is 0 Å². The molecular weight excluding hydrogens is 288 g/mol. The molecule has 1 fully saturated rings. The van der Waals surface area contributed by atoms with Gasteiger partial charge in [0.1, 0.15) is 0 Å². The number of anilines is 1. The van der Waals surface area contributed by atoms with Gasteiger partial charge in [-0.05, 0) is 24.0 Å². The van der Waals surface area contributed by atoms with E-state index in [4.69, 9.17) is 4.74 Å². The van der Waals surface area contributed by atoms with Gasteiger partial charge in [-0.1, -0.05) is 25.1 Å². The van der Waals surface area contributed by atoms with Gasteiger partial charge in [-0.2, -0.15) is 0 Å². The van der Waals surface area contributed by atoms with Crippen LogP contribution in [-0.2, 0) is 16.0 Å². The first kappa shape index (κ1) is 16.3. The Morgan fingerprint density at radius 2 is 2.24 bits per heavy atom. The quantitative estimate of drug-likeness (QED) is 0.908. The van der Waals surface area contributed by atoms with E-state index in [9.17, 15) is 4.79 Å². The molecule has 0 radical (unpaired) electrons. The Kier molecular flexibility index (Phi) is 5.62. The number of nitrogens with one attached hydrogen (secondary N) is 1. The molecule has 0 aliphatic carbocycles. The van der Waals surface area contributed by atoms with E-state index in [1.807, 2.05) is 11.0 Å². The number of ether oxygens (including phenoxy) is 1. The zero-order valence-corrected chi connectivity index (χ0v) is 13.2. The van der Waals surface area contributed by atoms with Gasteiger partial charge in [0.2, 0.25) is 5.91 Å². The number of para-hydroxylation sites is 1. The van der Waals surface area contributed by atoms with Crippen molar-refractivity contribution in [2.45, 2.75) is 25.8 Å². The summed E-state index contributed by atoms with van der Waals surface area (Å²) in [7, 11) is 0. The molecule has 2 atom stereocenters. The number of carbonyl (C=O) groups is 1. The van der Waals surface area contributed by atoms with Crippen LogP contribution >= 0.6 is 12.4 Å². The van der Waals surface area contributed by atoms with Crippen molar-refractivity contribution in [3.8, 4) is 0 Å². The predicted molar refractivity (Wildman–Crippen MR) is 86.1 cm³/mol. The van der Waals surface area contributed by atoms with E-state index in [1.54, 1.807) is 0 Å². The second kappa shape index (κ2) is 7.25. The minimum Gasteiger partial charge on any atom is -0.378 e. The van der Waals surface area contributed by atoms with Gasteiger partial charge < -0.3 is 15.0 Å². The van der Waals surface area contributed by atoms with E-state index in [0.717, 1.165) is 31.8 Å². The van der Waals surface area contributed by atoms with Crippen LogP contribution in [0.15, 0.2) is 24.3 Å². The maximum absolute atomic E-state index is 12.6. The Morgan fingerprint density at radius 1 is 1.43 bits per heavy atom. The molecule has 0 saturated carbocycles. The van der Waals surface area contributed by atoms with Crippen LogP contribution in [0.2, 0.25) is 0 Å². The predicted octanol–water partition coefficient (Wildman–Crippen LogP) is 2.01. The molecule has 1 aromatic carbocycles. The second-order valence-corrected chi connectivity index (χ2v) is 5.87. The molecule has 1 saturated heterocycles. The third-order valence-corrected chi connectivity index (χ3v) is 4.07. The van der Waals surface area contributed by atoms with Crippen LogP contribution < -0.4 is 10.2 Å². The summed E-state index contributed by atoms with van der Waals surface area (Å²) in [5.41, 5.74) is 2.37. The molecule has 1 aromatic rings. The lowest BCUT2D eigenvalue weighted by Crippen LogP contribution is -2.47. The Labute approximate surface area is 132 Å². The lowest BCUT2D eigenvalue weighted by atomic mass is 9.93. The molecule has 3 rings (SSSR count). The standard InChI is InChI=1S/C16H22N2O2.ClH/c1-12-8-13-4-2-3-5-15(13)18(10-12)16(19)9-14-11-20-7-6-17-14;/h2-5,12,14,17H,6-11H2,1H3;1H. The number of halogens is 1. The summed E-state index contributed by atoms with van der Waals surface area (Å²) in [5.74, 6) is 0.719. The van der Waals surface area contributed by atoms with Gasteiger partial charge in [-0.3, -0.25) is 4.79 Å². The largest absolute Gasteiger partial charge is 0.378 e. The second-order valence-electron chi connectivity index (χ2n) is 5.87. The third-order valence-electron chi connectivity index (χ3n) is 4.07. The Hall–Kier alpha value is -1.10. The van der Waals surface area contributed by atoms with Crippen molar-refractivity contribution >= 4 is 24.0 Å². The smallest absolute Gasteiger partial charge is 0.228 e. The lowest BCUT2D eigenvalue weighted by molar-refractivity contribution is -0.120. The van der Waals surface area contributed by atoms with Gasteiger partial charge in [0.15, 0.2) is 0 Å². The summed E-state index contributed by atoms with van der Waals surface area (Å²) in [6.45, 7) is 5.25. The van der Waals surface area contributed by atoms with E-state index < -0.39 is 0 Å². The molecular formula is C16H23ClN2O2. The number of amides is 1. The number of benzene rings is 1. The van der Waals surface area contributed by atoms with Gasteiger partial charge in [0.25, 0.3) is 0 Å². The van der Waals surface area contributed by atoms with Gasteiger partial charge in [0, 0.05) is 31.2 Å². The number of carbonyl (C=O) groups excluding carboxylic acids is 1. The van der Waals surface area contributed by atoms with E-state index in [2.05, 4.69) is 30.4 Å². The van der Waals surface area contributed by atoms with Crippen LogP contribution in [-0.4, -0.2) is 38.3 Å². The summed E-state index contributed by atoms with van der Waals surface area (Å²) in [6, 6.07) is 8.41. The van der Waals surface area contributed by atoms with Crippen molar-refractivity contribution in [3.63, 3.8) is 0 Å². The molecule has 0 aromatic heterocycles. The van der Waals surface area contributed by atoms with E-state index in [0.29, 0.717) is 18.9 Å². The first-order valence-corrected chi connectivity index (χ1v) is 7.43. The zero-order chi connectivity index (χ0) is 13.9. The number of rotatable bonds is 2. The highest BCUT2D eigenvalue weighted by atomic mass is 35.5. The summed E-state index contributed by atoms with van der Waals surface area (Å²) >= 11 is 0. The topological polar surface area (TPSA) is 41.6 Å². The lowest BCUT2D eigenvalue weighted by Gasteiger charge is -2.34. The molecule has 1 amide bonds. The molecule has 2 unspecified atom stereocenters. The van der Waals surface area contributed by atoms with E-state index in [-0.39, 0.29) is 24.4 Å². The molecule has 0 spiro atoms. The Morgan fingerprint density at radius 3 is 3.00 bits per heavy atom. The van der Waals surface area contributed by atoms with Crippen molar-refractivity contribution in [1.82, 2.24) is 5.32 Å². The number of nitrogens with zero attached hydrogens (tertiary/aromatic N) is 1. The highest BCUT2D eigenvalue weighted by Gasteiger charge is 2.28. The minimum absolute atomic E-state index is 0. The fourth-order valence-electron chi connectivity index (χ4n) is 3.10. The first-order valence-electron chi connectivity index (χ1n) is 7.43. The molecule has 116 valence electrons. The number of hydrogen-bond acceptors (Lipinski definition) is 3. The third kappa shape index (κ3) is 3.76. The summed E-state index contributed by atoms with van der Waals surface area (Å²) < 4.78 is 5.43. The summed E-state index contributed by atoms with van der Waals surface area (Å²) in [6.07, 6.45) is 1.58. The zero-order valence-electron chi connectivity index (χ0n) is 12.4. The van der Waals surface area contributed by atoms with Crippen LogP contribution in [0, 0.1) is 5.92 Å². The normalized spacial score (nSPS) is 24.9. The summed E-state index contributed by atoms with van der Waals surface area (Å²) in [4.78, 5) is 14.6. The molecule has 21 heavy (non-hydrogen) atoms. The summed E-state index contributed by atoms with van der Waals surface area (Å²) in [5, 5.41) is 3.35. The highest BCUT2D eigenvalue weighted by Crippen LogP contribution is 2.30. The molecule has 2 aliphatic heterocycles. The van der Waals surface area contributed by atoms with Gasteiger partial charge >= 0.3 is 0 Å². The van der Waals surface area contributed by atoms with Crippen LogP contribution in [0.1, 0.15) is 18.9 Å². The van der Waals surface area contributed by atoms with Gasteiger partial charge in [0.05, 0.1) is 13.2 Å². The van der Waals surface area contributed by atoms with Crippen molar-refractivity contribution < 1.29 is 9.53 Å². The number of hydrogen-bond donors (Lipinski definition) is 1. The van der Waals surface area contributed by atoms with Crippen molar-refractivity contribution in [2.24, 2.45) is 5.92 Å². The van der Waals surface area contributed by atoms with Crippen LogP contribution in [0.3, 0.4) is 0 Å². The van der Waals surface area contributed by atoms with E-state index >= 15 is 0 Å². The van der Waals surface area contributed by atoms with Crippen molar-refractivity contribution in [3.05, 3.63) is 29.8 Å². The average Bonchev–Trinajstić information content (AvgIpc) is 2.47. The maximum Gasteiger partial charge on any atom is 0.228 e. The molecule has 2 aliphatic rings. The number of fused-ring (bicyclic) bond motifs is 1. The highest BCUT2D eigenvalue weighted by molar-refractivity contribution is 5.95. The molecule has 0 bridgehead atoms. The minimum atomic E-state index is 0. The van der Waals surface area contributed by atoms with Gasteiger partial charge in [-0.15, -0.1) is 12.4 Å². The average molecular weight is 311 g/mol. The molecule has 2 heterocycles. The molecule has 5 heteroatoms. The number of morpholine rings is 1. The fraction of sp³-hybridized carbons (Fsp3) is 0.562. The Balaban J connectivity index is 0.00000161. The molecule has 1 N–H and O–H groups in total. The Bertz CT molecular complexity index is 489. The first-order chi connectivity index (χ1) is 9.74. The van der Waals surface area contributed by atoms with E-state index in [1.165, 1.54) is 5.56 Å². The fourth-order valence-corrected chi connectivity index (χ4v) is 3.10. The maximum atomic E-state index is 12.6. The van der Waals surface area contributed by atoms with Crippen LogP contribution in [0.5, 0.6) is 0 Å². The van der Waals surface area contributed by atoms with Crippen molar-refractivity contribution in [2.75, 3.05) is 31.2 Å². The SMILES string of the molecule is CC1Cc2ccccc2N(C(=O)CC2COCCN2)C1.Cl. The molecule has 4 nitrogen and oxygen atoms in total. The monoisotopic (exact) mass is 310 g/mol. The van der Waals surface area contributed by atoms with Crippen LogP contribution in [0.25, 0.3) is 0 Å². The van der Waals surface area contributed by atoms with Crippen LogP contribution in [0.4, 0.5) is 5.69 Å².